The molecule has 0 saturated carbocycles. The highest BCUT2D eigenvalue weighted by molar-refractivity contribution is 7.09. The number of thiazole rings is 1. The summed E-state index contributed by atoms with van der Waals surface area (Å²) in [5.41, 5.74) is 1.84. The average Bonchev–Trinajstić information content (AvgIpc) is 3.05. The third kappa shape index (κ3) is 3.98. The molecule has 2 aromatic rings. The summed E-state index contributed by atoms with van der Waals surface area (Å²) in [7, 11) is 1.64. The molecule has 2 heterocycles. The maximum absolute atomic E-state index is 12.8. The number of carbonyl (C=O) groups is 1. The van der Waals surface area contributed by atoms with Crippen molar-refractivity contribution in [3.63, 3.8) is 0 Å². The van der Waals surface area contributed by atoms with Gasteiger partial charge in [0.2, 0.25) is 0 Å². The first-order valence-corrected chi connectivity index (χ1v) is 8.94. The fourth-order valence-electron chi connectivity index (χ4n) is 3.11. The lowest BCUT2D eigenvalue weighted by molar-refractivity contribution is 0.0607. The van der Waals surface area contributed by atoms with Gasteiger partial charge in [-0.15, -0.1) is 11.3 Å². The number of methoxy groups -OCH3 is 1. The van der Waals surface area contributed by atoms with Crippen molar-refractivity contribution in [3.8, 4) is 0 Å². The van der Waals surface area contributed by atoms with Crippen LogP contribution in [0.1, 0.15) is 40.3 Å². The summed E-state index contributed by atoms with van der Waals surface area (Å²) >= 11 is 1.49. The Kier molecular flexibility index (Phi) is 5.41. The molecule has 1 saturated heterocycles. The van der Waals surface area contributed by atoms with E-state index in [1.165, 1.54) is 23.3 Å². The summed E-state index contributed by atoms with van der Waals surface area (Å²) in [4.78, 5) is 19.3. The van der Waals surface area contributed by atoms with Gasteiger partial charge in [0.1, 0.15) is 10.7 Å². The second-order valence-electron chi connectivity index (χ2n) is 5.90. The van der Waals surface area contributed by atoms with Gasteiger partial charge in [-0.2, -0.15) is 0 Å². The molecule has 5 heteroatoms. The van der Waals surface area contributed by atoms with Crippen molar-refractivity contribution in [2.45, 2.75) is 38.3 Å². The fraction of sp³-hybridized carbons (Fsp3) is 0.444. The number of rotatable bonds is 5. The number of hydrogen-bond acceptors (Lipinski definition) is 4. The Balaban J connectivity index is 1.73. The van der Waals surface area contributed by atoms with Crippen molar-refractivity contribution in [3.05, 3.63) is 52.0 Å². The third-order valence-electron chi connectivity index (χ3n) is 4.24. The molecule has 4 nitrogen and oxygen atoms in total. The van der Waals surface area contributed by atoms with Crippen LogP contribution in [-0.4, -0.2) is 35.5 Å². The van der Waals surface area contributed by atoms with Gasteiger partial charge < -0.3 is 9.64 Å². The number of amides is 1. The standard InChI is InChI=1S/C18H22N2O2S/c1-22-12-17-19-16(13-23-17)18(21)20-10-6-5-9-15(20)11-14-7-3-2-4-8-14/h2-4,7-8,13,15H,5-6,9-12H2,1H3. The second kappa shape index (κ2) is 7.70. The molecular weight excluding hydrogens is 308 g/mol. The van der Waals surface area contributed by atoms with E-state index in [0.717, 1.165) is 30.8 Å². The van der Waals surface area contributed by atoms with E-state index in [2.05, 4.69) is 29.2 Å². The highest BCUT2D eigenvalue weighted by Gasteiger charge is 2.28. The van der Waals surface area contributed by atoms with Gasteiger partial charge in [-0.1, -0.05) is 30.3 Å². The van der Waals surface area contributed by atoms with E-state index in [9.17, 15) is 4.79 Å². The maximum atomic E-state index is 12.8. The van der Waals surface area contributed by atoms with E-state index in [4.69, 9.17) is 4.74 Å². The van der Waals surface area contributed by atoms with Gasteiger partial charge in [0.05, 0.1) is 6.61 Å². The van der Waals surface area contributed by atoms with Crippen molar-refractivity contribution in [2.24, 2.45) is 0 Å². The lowest BCUT2D eigenvalue weighted by atomic mass is 9.95. The average molecular weight is 330 g/mol. The molecule has 23 heavy (non-hydrogen) atoms. The molecule has 0 bridgehead atoms. The van der Waals surface area contributed by atoms with Crippen molar-refractivity contribution < 1.29 is 9.53 Å². The summed E-state index contributed by atoms with van der Waals surface area (Å²) in [5.74, 6) is 0.0595. The zero-order valence-electron chi connectivity index (χ0n) is 13.4. The maximum Gasteiger partial charge on any atom is 0.273 e. The van der Waals surface area contributed by atoms with Gasteiger partial charge in [-0.25, -0.2) is 4.98 Å². The van der Waals surface area contributed by atoms with E-state index >= 15 is 0 Å². The minimum absolute atomic E-state index is 0.0595. The van der Waals surface area contributed by atoms with Gasteiger partial charge in [0.25, 0.3) is 5.91 Å². The quantitative estimate of drug-likeness (QED) is 0.842. The van der Waals surface area contributed by atoms with Crippen molar-refractivity contribution in [2.75, 3.05) is 13.7 Å². The largest absolute Gasteiger partial charge is 0.378 e. The number of carbonyl (C=O) groups excluding carboxylic acids is 1. The Morgan fingerprint density at radius 1 is 1.35 bits per heavy atom. The Bertz CT molecular complexity index is 641. The molecule has 0 aliphatic carbocycles. The number of likely N-dealkylation sites (tertiary alicyclic amines) is 1. The smallest absolute Gasteiger partial charge is 0.273 e. The molecule has 0 N–H and O–H groups in total. The Morgan fingerprint density at radius 2 is 2.17 bits per heavy atom. The number of ether oxygens (including phenoxy) is 1. The fourth-order valence-corrected chi connectivity index (χ4v) is 3.85. The molecule has 1 aromatic carbocycles. The number of hydrogen-bond donors (Lipinski definition) is 0. The van der Waals surface area contributed by atoms with Gasteiger partial charge in [0.15, 0.2) is 0 Å². The molecule has 1 atom stereocenters. The topological polar surface area (TPSA) is 42.4 Å². The zero-order valence-corrected chi connectivity index (χ0v) is 14.2. The summed E-state index contributed by atoms with van der Waals surface area (Å²) in [5, 5.41) is 2.71. The Hall–Kier alpha value is -1.72. The molecule has 1 aliphatic heterocycles. The van der Waals surface area contributed by atoms with E-state index < -0.39 is 0 Å². The molecule has 1 unspecified atom stereocenters. The minimum atomic E-state index is 0.0595. The van der Waals surface area contributed by atoms with Crippen LogP contribution in [0.3, 0.4) is 0 Å². The molecule has 1 fully saturated rings. The van der Waals surface area contributed by atoms with E-state index in [1.54, 1.807) is 7.11 Å². The first-order valence-electron chi connectivity index (χ1n) is 8.06. The Morgan fingerprint density at radius 3 is 2.96 bits per heavy atom. The van der Waals surface area contributed by atoms with Crippen LogP contribution in [0.2, 0.25) is 0 Å². The first kappa shape index (κ1) is 16.1. The van der Waals surface area contributed by atoms with Crippen LogP contribution in [0.15, 0.2) is 35.7 Å². The van der Waals surface area contributed by atoms with Gasteiger partial charge in [-0.3, -0.25) is 4.79 Å². The molecule has 0 radical (unpaired) electrons. The van der Waals surface area contributed by atoms with Crippen LogP contribution >= 0.6 is 11.3 Å². The summed E-state index contributed by atoms with van der Waals surface area (Å²) in [6.45, 7) is 1.29. The highest BCUT2D eigenvalue weighted by atomic mass is 32.1. The first-order chi connectivity index (χ1) is 11.3. The lowest BCUT2D eigenvalue weighted by Crippen LogP contribution is -2.45. The van der Waals surface area contributed by atoms with Crippen molar-refractivity contribution in [1.82, 2.24) is 9.88 Å². The molecule has 122 valence electrons. The number of piperidine rings is 1. The van der Waals surface area contributed by atoms with Gasteiger partial charge in [-0.05, 0) is 31.2 Å². The van der Waals surface area contributed by atoms with E-state index in [-0.39, 0.29) is 11.9 Å². The summed E-state index contributed by atoms with van der Waals surface area (Å²) in [6, 6.07) is 10.7. The molecule has 3 rings (SSSR count). The van der Waals surface area contributed by atoms with Crippen molar-refractivity contribution >= 4 is 17.2 Å². The SMILES string of the molecule is COCc1nc(C(=O)N2CCCCC2Cc2ccccc2)cs1. The molecular formula is C18H22N2O2S. The monoisotopic (exact) mass is 330 g/mol. The van der Waals surface area contributed by atoms with Crippen LogP contribution in [0.25, 0.3) is 0 Å². The normalized spacial score (nSPS) is 18.1. The van der Waals surface area contributed by atoms with Crippen LogP contribution in [-0.2, 0) is 17.8 Å². The van der Waals surface area contributed by atoms with E-state index in [0.29, 0.717) is 12.3 Å². The second-order valence-corrected chi connectivity index (χ2v) is 6.84. The molecule has 1 amide bonds. The minimum Gasteiger partial charge on any atom is -0.378 e. The van der Waals surface area contributed by atoms with Crippen molar-refractivity contribution in [1.29, 1.82) is 0 Å². The van der Waals surface area contributed by atoms with Crippen LogP contribution < -0.4 is 0 Å². The summed E-state index contributed by atoms with van der Waals surface area (Å²) < 4.78 is 5.09. The van der Waals surface area contributed by atoms with E-state index in [1.807, 2.05) is 16.3 Å². The van der Waals surface area contributed by atoms with Crippen LogP contribution in [0.4, 0.5) is 0 Å². The predicted molar refractivity (Wildman–Crippen MR) is 91.6 cm³/mol. The molecule has 0 spiro atoms. The molecule has 1 aromatic heterocycles. The summed E-state index contributed by atoms with van der Waals surface area (Å²) in [6.07, 6.45) is 4.25. The van der Waals surface area contributed by atoms with Crippen LogP contribution in [0, 0.1) is 0 Å². The number of nitrogens with zero attached hydrogens (tertiary/aromatic N) is 2. The number of benzene rings is 1. The lowest BCUT2D eigenvalue weighted by Gasteiger charge is -2.35. The van der Waals surface area contributed by atoms with Crippen LogP contribution in [0.5, 0.6) is 0 Å². The molecule has 1 aliphatic rings. The highest BCUT2D eigenvalue weighted by Crippen LogP contribution is 2.23. The third-order valence-corrected chi connectivity index (χ3v) is 5.06. The number of aromatic nitrogens is 1. The Labute approximate surface area is 141 Å². The van der Waals surface area contributed by atoms with Gasteiger partial charge >= 0.3 is 0 Å². The zero-order chi connectivity index (χ0) is 16.1. The van der Waals surface area contributed by atoms with Gasteiger partial charge in [0, 0.05) is 25.1 Å². The predicted octanol–water partition coefficient (Wildman–Crippen LogP) is 3.53.